The molecule has 0 unspecified atom stereocenters. The van der Waals surface area contributed by atoms with Crippen LogP contribution in [-0.4, -0.2) is 24.6 Å². The number of hydrogen-bond acceptors (Lipinski definition) is 4. The fourth-order valence-corrected chi connectivity index (χ4v) is 2.92. The number of benzene rings is 1. The van der Waals surface area contributed by atoms with Crippen molar-refractivity contribution < 1.29 is 18.0 Å². The Morgan fingerprint density at radius 1 is 1.21 bits per heavy atom. The van der Waals surface area contributed by atoms with Gasteiger partial charge in [-0.1, -0.05) is 11.6 Å². The van der Waals surface area contributed by atoms with Crippen molar-refractivity contribution in [2.24, 2.45) is 14.1 Å². The number of aromatic nitrogens is 4. The van der Waals surface area contributed by atoms with Crippen LogP contribution in [0.3, 0.4) is 0 Å². The minimum absolute atomic E-state index is 0.0202. The van der Waals surface area contributed by atoms with Crippen LogP contribution in [0.5, 0.6) is 0 Å². The van der Waals surface area contributed by atoms with Crippen molar-refractivity contribution in [3.63, 3.8) is 0 Å². The first-order valence-electron chi connectivity index (χ1n) is 7.78. The van der Waals surface area contributed by atoms with Crippen molar-refractivity contribution in [2.45, 2.75) is 12.7 Å². The van der Waals surface area contributed by atoms with E-state index < -0.39 is 40.5 Å². The third-order valence-corrected chi connectivity index (χ3v) is 4.42. The lowest BCUT2D eigenvalue weighted by Crippen LogP contribution is -2.37. The van der Waals surface area contributed by atoms with E-state index >= 15 is 0 Å². The molecule has 2 heterocycles. The van der Waals surface area contributed by atoms with Crippen molar-refractivity contribution in [1.29, 1.82) is 0 Å². The van der Waals surface area contributed by atoms with Gasteiger partial charge >= 0.3 is 11.9 Å². The van der Waals surface area contributed by atoms with Gasteiger partial charge in [0.1, 0.15) is 6.54 Å². The van der Waals surface area contributed by atoms with Crippen molar-refractivity contribution in [3.05, 3.63) is 56.0 Å². The van der Waals surface area contributed by atoms with Crippen LogP contribution in [0.2, 0.25) is 5.02 Å². The summed E-state index contributed by atoms with van der Waals surface area (Å²) in [7, 11) is 2.71. The molecule has 0 aliphatic heterocycles. The Morgan fingerprint density at radius 3 is 2.54 bits per heavy atom. The molecule has 0 saturated heterocycles. The average Bonchev–Trinajstić information content (AvgIpc) is 3.02. The van der Waals surface area contributed by atoms with Gasteiger partial charge in [0.05, 0.1) is 16.9 Å². The van der Waals surface area contributed by atoms with Crippen LogP contribution in [0, 0.1) is 0 Å². The smallest absolute Gasteiger partial charge is 0.325 e. The molecule has 3 aromatic rings. The summed E-state index contributed by atoms with van der Waals surface area (Å²) in [6.45, 7) is -0.395. The van der Waals surface area contributed by atoms with E-state index in [2.05, 4.69) is 10.3 Å². The maximum atomic E-state index is 12.9. The molecule has 0 fully saturated rings. The number of fused-ring (bicyclic) bond motifs is 1. The molecule has 0 spiro atoms. The number of alkyl halides is 3. The first-order valence-corrected chi connectivity index (χ1v) is 8.16. The number of nitrogens with zero attached hydrogens (tertiary/aromatic N) is 4. The fourth-order valence-electron chi connectivity index (χ4n) is 2.69. The summed E-state index contributed by atoms with van der Waals surface area (Å²) in [4.78, 5) is 40.5. The van der Waals surface area contributed by atoms with Crippen molar-refractivity contribution in [1.82, 2.24) is 18.7 Å². The molecule has 0 radical (unpaired) electrons. The van der Waals surface area contributed by atoms with Crippen LogP contribution in [0.25, 0.3) is 11.2 Å². The highest BCUT2D eigenvalue weighted by Crippen LogP contribution is 2.36. The summed E-state index contributed by atoms with van der Waals surface area (Å²) in [5, 5.41) is 1.83. The standard InChI is InChI=1S/C16H13ClF3N5O3/c1-23-13-12(14(27)24(2)15(23)28)25(7-21-13)6-11(26)22-8-3-4-10(17)9(5-8)16(18,19)20/h3-5,7H,6H2,1-2H3,(H,22,26). The van der Waals surface area contributed by atoms with E-state index in [1.165, 1.54) is 31.1 Å². The van der Waals surface area contributed by atoms with Gasteiger partial charge in [-0.3, -0.25) is 18.7 Å². The van der Waals surface area contributed by atoms with Crippen molar-refractivity contribution in [2.75, 3.05) is 5.32 Å². The summed E-state index contributed by atoms with van der Waals surface area (Å²) >= 11 is 5.55. The third-order valence-electron chi connectivity index (χ3n) is 4.09. The van der Waals surface area contributed by atoms with Crippen LogP contribution in [0.1, 0.15) is 5.56 Å². The zero-order chi connectivity index (χ0) is 20.8. The van der Waals surface area contributed by atoms with E-state index in [4.69, 9.17) is 11.6 Å². The first-order chi connectivity index (χ1) is 13.0. The number of carbonyl (C=O) groups is 1. The van der Waals surface area contributed by atoms with Gasteiger partial charge in [-0.2, -0.15) is 13.2 Å². The summed E-state index contributed by atoms with van der Waals surface area (Å²) in [6, 6.07) is 2.97. The maximum absolute atomic E-state index is 12.9. The summed E-state index contributed by atoms with van der Waals surface area (Å²) < 4.78 is 42.0. The number of nitrogens with one attached hydrogen (secondary N) is 1. The molecule has 8 nitrogen and oxygen atoms in total. The molecule has 0 saturated carbocycles. The van der Waals surface area contributed by atoms with Crippen LogP contribution in [-0.2, 0) is 31.6 Å². The van der Waals surface area contributed by atoms with E-state index in [-0.39, 0.29) is 16.9 Å². The van der Waals surface area contributed by atoms with Crippen LogP contribution < -0.4 is 16.6 Å². The van der Waals surface area contributed by atoms with Gasteiger partial charge in [0, 0.05) is 19.8 Å². The second-order valence-corrected chi connectivity index (χ2v) is 6.40. The zero-order valence-electron chi connectivity index (χ0n) is 14.5. The van der Waals surface area contributed by atoms with Crippen LogP contribution in [0.15, 0.2) is 34.1 Å². The van der Waals surface area contributed by atoms with Gasteiger partial charge in [0.2, 0.25) is 5.91 Å². The Kier molecular flexibility index (Phi) is 4.79. The van der Waals surface area contributed by atoms with E-state index in [0.29, 0.717) is 0 Å². The predicted molar refractivity (Wildman–Crippen MR) is 95.3 cm³/mol. The van der Waals surface area contributed by atoms with Crippen molar-refractivity contribution >= 4 is 34.4 Å². The van der Waals surface area contributed by atoms with E-state index in [1.54, 1.807) is 0 Å². The lowest BCUT2D eigenvalue weighted by Gasteiger charge is -2.12. The number of imidazole rings is 1. The van der Waals surface area contributed by atoms with Crippen LogP contribution >= 0.6 is 11.6 Å². The third kappa shape index (κ3) is 3.40. The molecule has 0 aliphatic rings. The van der Waals surface area contributed by atoms with Gasteiger partial charge < -0.3 is 9.88 Å². The number of aryl methyl sites for hydroxylation is 1. The lowest BCUT2D eigenvalue weighted by molar-refractivity contribution is -0.137. The molecule has 0 aliphatic carbocycles. The predicted octanol–water partition coefficient (Wildman–Crippen LogP) is 1.74. The Bertz CT molecular complexity index is 1210. The monoisotopic (exact) mass is 415 g/mol. The van der Waals surface area contributed by atoms with Gasteiger partial charge in [0.15, 0.2) is 11.2 Å². The second-order valence-electron chi connectivity index (χ2n) is 5.99. The molecule has 28 heavy (non-hydrogen) atoms. The van der Waals surface area contributed by atoms with Gasteiger partial charge in [0.25, 0.3) is 5.56 Å². The fraction of sp³-hybridized carbons (Fsp3) is 0.250. The molecule has 2 aromatic heterocycles. The molecule has 1 amide bonds. The highest BCUT2D eigenvalue weighted by Gasteiger charge is 2.33. The molecule has 1 N–H and O–H groups in total. The summed E-state index contributed by atoms with van der Waals surface area (Å²) in [5.41, 5.74) is -2.30. The average molecular weight is 416 g/mol. The topological polar surface area (TPSA) is 90.9 Å². The molecule has 0 bridgehead atoms. The molecule has 12 heteroatoms. The highest BCUT2D eigenvalue weighted by molar-refractivity contribution is 6.31. The minimum atomic E-state index is -4.67. The zero-order valence-corrected chi connectivity index (χ0v) is 15.3. The Labute approximate surface area is 159 Å². The largest absolute Gasteiger partial charge is 0.417 e. The number of halogens is 4. The SMILES string of the molecule is Cn1c(=O)c2c(ncn2CC(=O)Nc2ccc(Cl)c(C(F)(F)F)c2)n(C)c1=O. The minimum Gasteiger partial charge on any atom is -0.325 e. The molecular weight excluding hydrogens is 403 g/mol. The number of hydrogen-bond donors (Lipinski definition) is 1. The Morgan fingerprint density at radius 2 is 1.89 bits per heavy atom. The molecule has 3 rings (SSSR count). The lowest BCUT2D eigenvalue weighted by atomic mass is 10.2. The quantitative estimate of drug-likeness (QED) is 0.705. The normalized spacial score (nSPS) is 11.8. The molecule has 0 atom stereocenters. The summed E-state index contributed by atoms with van der Waals surface area (Å²) in [5.74, 6) is -0.689. The number of carbonyl (C=O) groups excluding carboxylic acids is 1. The molecular formula is C16H13ClF3N5O3. The number of rotatable bonds is 3. The van der Waals surface area contributed by atoms with Gasteiger partial charge in [-0.25, -0.2) is 9.78 Å². The second kappa shape index (κ2) is 6.82. The van der Waals surface area contributed by atoms with E-state index in [0.717, 1.165) is 21.3 Å². The first kappa shape index (κ1) is 19.7. The number of amides is 1. The van der Waals surface area contributed by atoms with E-state index in [9.17, 15) is 27.6 Å². The van der Waals surface area contributed by atoms with E-state index in [1.807, 2.05) is 0 Å². The van der Waals surface area contributed by atoms with Gasteiger partial charge in [-0.15, -0.1) is 0 Å². The molecule has 1 aromatic carbocycles. The maximum Gasteiger partial charge on any atom is 0.417 e. The number of anilines is 1. The highest BCUT2D eigenvalue weighted by atomic mass is 35.5. The van der Waals surface area contributed by atoms with Crippen LogP contribution in [0.4, 0.5) is 18.9 Å². The van der Waals surface area contributed by atoms with Crippen molar-refractivity contribution in [3.8, 4) is 0 Å². The molecule has 148 valence electrons. The Hall–Kier alpha value is -3.08. The van der Waals surface area contributed by atoms with Gasteiger partial charge in [-0.05, 0) is 18.2 Å². The summed E-state index contributed by atoms with van der Waals surface area (Å²) in [6.07, 6.45) is -3.47. The Balaban J connectivity index is 1.91.